The number of hydrogen-bond acceptors (Lipinski definition) is 5. The molecule has 0 saturated heterocycles. The first-order chi connectivity index (χ1) is 16.5. The fourth-order valence-corrected chi connectivity index (χ4v) is 4.92. The van der Waals surface area contributed by atoms with Crippen LogP contribution >= 0.6 is 0 Å². The van der Waals surface area contributed by atoms with Gasteiger partial charge in [0.2, 0.25) is 5.76 Å². The summed E-state index contributed by atoms with van der Waals surface area (Å²) in [6.07, 6.45) is 2.09. The molecule has 1 saturated carbocycles. The van der Waals surface area contributed by atoms with Crippen molar-refractivity contribution in [2.75, 3.05) is 11.9 Å². The minimum absolute atomic E-state index is 0.0488. The summed E-state index contributed by atoms with van der Waals surface area (Å²) in [5.74, 6) is -1.94. The van der Waals surface area contributed by atoms with E-state index in [-0.39, 0.29) is 30.0 Å². The summed E-state index contributed by atoms with van der Waals surface area (Å²) in [4.78, 5) is 36.3. The summed E-state index contributed by atoms with van der Waals surface area (Å²) in [6, 6.07) is 17.4. The molecule has 5 rings (SSSR count). The Balaban J connectivity index is 1.21. The van der Waals surface area contributed by atoms with Gasteiger partial charge in [0.1, 0.15) is 6.61 Å². The van der Waals surface area contributed by atoms with Gasteiger partial charge in [0.25, 0.3) is 5.91 Å². The number of amides is 2. The summed E-state index contributed by atoms with van der Waals surface area (Å²) in [7, 11) is 0. The maximum absolute atomic E-state index is 12.6. The molecule has 2 atom stereocenters. The number of fused-ring (bicyclic) bond motifs is 3. The Bertz CT molecular complexity index is 1200. The number of carboxylic acids is 1. The van der Waals surface area contributed by atoms with Crippen molar-refractivity contribution < 1.29 is 28.6 Å². The summed E-state index contributed by atoms with van der Waals surface area (Å²) < 4.78 is 10.8. The molecule has 1 heterocycles. The molecule has 1 aromatic heterocycles. The molecule has 8 nitrogen and oxygen atoms in total. The number of hydrogen-bond donors (Lipinski definition) is 3. The topological polar surface area (TPSA) is 118 Å². The molecule has 8 heteroatoms. The van der Waals surface area contributed by atoms with Crippen molar-refractivity contribution in [3.05, 3.63) is 77.7 Å². The number of rotatable bonds is 6. The third-order valence-electron chi connectivity index (χ3n) is 6.57. The summed E-state index contributed by atoms with van der Waals surface area (Å²) in [5.41, 5.74) is 4.69. The molecule has 1 fully saturated rings. The third-order valence-corrected chi connectivity index (χ3v) is 6.57. The monoisotopic (exact) mass is 460 g/mol. The maximum Gasteiger partial charge on any atom is 0.411 e. The van der Waals surface area contributed by atoms with E-state index in [2.05, 4.69) is 22.8 Å². The first-order valence-electron chi connectivity index (χ1n) is 11.2. The normalized spacial score (nSPS) is 18.7. The molecule has 3 aromatic rings. The van der Waals surface area contributed by atoms with Crippen LogP contribution in [0.25, 0.3) is 11.1 Å². The van der Waals surface area contributed by atoms with E-state index >= 15 is 0 Å². The van der Waals surface area contributed by atoms with Crippen LogP contribution in [0, 0.1) is 5.92 Å². The van der Waals surface area contributed by atoms with Gasteiger partial charge in [-0.2, -0.15) is 0 Å². The number of carboxylic acid groups (broad SMARTS) is 1. The minimum Gasteiger partial charge on any atom is -0.481 e. The first-order valence-corrected chi connectivity index (χ1v) is 11.2. The number of ether oxygens (including phenoxy) is 1. The van der Waals surface area contributed by atoms with E-state index in [4.69, 9.17) is 14.3 Å². The lowest BCUT2D eigenvalue weighted by atomic mass is 9.98. The number of aliphatic carboxylic acids is 1. The van der Waals surface area contributed by atoms with Crippen molar-refractivity contribution >= 4 is 23.7 Å². The fourth-order valence-electron chi connectivity index (χ4n) is 4.92. The predicted molar refractivity (Wildman–Crippen MR) is 124 cm³/mol. The van der Waals surface area contributed by atoms with Crippen LogP contribution in [0.5, 0.6) is 0 Å². The summed E-state index contributed by atoms with van der Waals surface area (Å²) in [5, 5.41) is 14.5. The number of nitrogens with one attached hydrogen (secondary N) is 2. The largest absolute Gasteiger partial charge is 0.481 e. The van der Waals surface area contributed by atoms with Gasteiger partial charge in [0.15, 0.2) is 0 Å². The Kier molecular flexibility index (Phi) is 5.79. The fraction of sp³-hybridized carbons (Fsp3) is 0.269. The second kappa shape index (κ2) is 9.05. The van der Waals surface area contributed by atoms with Crippen LogP contribution in [-0.2, 0) is 9.53 Å². The van der Waals surface area contributed by atoms with Gasteiger partial charge < -0.3 is 19.6 Å². The maximum atomic E-state index is 12.6. The van der Waals surface area contributed by atoms with Crippen molar-refractivity contribution in [1.29, 1.82) is 0 Å². The average molecular weight is 460 g/mol. The quantitative estimate of drug-likeness (QED) is 0.494. The van der Waals surface area contributed by atoms with Gasteiger partial charge in [-0.25, -0.2) is 4.79 Å². The molecule has 0 radical (unpaired) electrons. The smallest absolute Gasteiger partial charge is 0.411 e. The molecule has 0 aliphatic heterocycles. The van der Waals surface area contributed by atoms with E-state index in [1.165, 1.54) is 12.3 Å². The van der Waals surface area contributed by atoms with Gasteiger partial charge in [0, 0.05) is 18.0 Å². The third kappa shape index (κ3) is 4.14. The highest BCUT2D eigenvalue weighted by Crippen LogP contribution is 2.44. The Hall–Kier alpha value is -4.07. The number of furan rings is 1. The summed E-state index contributed by atoms with van der Waals surface area (Å²) >= 11 is 0. The van der Waals surface area contributed by atoms with Gasteiger partial charge in [-0.15, -0.1) is 0 Å². The SMILES string of the molecule is O=C(Nc1ccoc1C(=O)NC1CCC(C(=O)O)C1)OCC1c2ccccc2-c2ccccc21. The van der Waals surface area contributed by atoms with Crippen molar-refractivity contribution in [2.45, 2.75) is 31.2 Å². The Morgan fingerprint density at radius 3 is 2.29 bits per heavy atom. The molecule has 0 bridgehead atoms. The molecule has 2 aliphatic carbocycles. The molecular weight excluding hydrogens is 436 g/mol. The number of benzene rings is 2. The number of carbonyl (C=O) groups excluding carboxylic acids is 2. The Labute approximate surface area is 195 Å². The highest BCUT2D eigenvalue weighted by atomic mass is 16.5. The van der Waals surface area contributed by atoms with Crippen molar-refractivity contribution in [2.24, 2.45) is 5.92 Å². The predicted octanol–water partition coefficient (Wildman–Crippen LogP) is 4.62. The molecule has 2 aromatic carbocycles. The van der Waals surface area contributed by atoms with Crippen molar-refractivity contribution in [3.63, 3.8) is 0 Å². The zero-order valence-electron chi connectivity index (χ0n) is 18.3. The highest BCUT2D eigenvalue weighted by molar-refractivity contribution is 6.00. The van der Waals surface area contributed by atoms with Gasteiger partial charge >= 0.3 is 12.1 Å². The lowest BCUT2D eigenvalue weighted by Gasteiger charge is -2.15. The second-order valence-corrected chi connectivity index (χ2v) is 8.63. The molecule has 2 aliphatic rings. The number of anilines is 1. The summed E-state index contributed by atoms with van der Waals surface area (Å²) in [6.45, 7) is 0.151. The zero-order chi connectivity index (χ0) is 23.7. The second-order valence-electron chi connectivity index (χ2n) is 8.63. The average Bonchev–Trinajstić information content (AvgIpc) is 3.56. The zero-order valence-corrected chi connectivity index (χ0v) is 18.3. The van der Waals surface area contributed by atoms with Crippen molar-refractivity contribution in [1.82, 2.24) is 5.32 Å². The Morgan fingerprint density at radius 1 is 0.971 bits per heavy atom. The van der Waals surface area contributed by atoms with E-state index in [0.717, 1.165) is 22.3 Å². The standard InChI is InChI=1S/C26H24N2O6/c29-24(27-16-10-9-15(13-16)25(30)31)23-22(11-12-33-23)28-26(32)34-14-21-19-7-3-1-5-17(19)18-6-2-4-8-20(18)21/h1-8,11-12,15-16,21H,9-10,13-14H2,(H,27,29)(H,28,32)(H,30,31). The van der Waals surface area contributed by atoms with Crippen LogP contribution in [0.15, 0.2) is 65.3 Å². The van der Waals surface area contributed by atoms with Gasteiger partial charge in [-0.3, -0.25) is 14.9 Å². The van der Waals surface area contributed by atoms with E-state index in [1.54, 1.807) is 0 Å². The van der Waals surface area contributed by atoms with Crippen LogP contribution in [0.4, 0.5) is 10.5 Å². The van der Waals surface area contributed by atoms with Crippen LogP contribution in [-0.4, -0.2) is 35.7 Å². The number of carbonyl (C=O) groups is 3. The lowest BCUT2D eigenvalue weighted by molar-refractivity contribution is -0.141. The minimum atomic E-state index is -0.854. The van der Waals surface area contributed by atoms with Crippen LogP contribution in [0.1, 0.15) is 46.9 Å². The molecule has 0 spiro atoms. The van der Waals surface area contributed by atoms with Gasteiger partial charge in [0.05, 0.1) is 17.9 Å². The Morgan fingerprint density at radius 2 is 1.65 bits per heavy atom. The van der Waals surface area contributed by atoms with E-state index in [1.807, 2.05) is 36.4 Å². The molecule has 3 N–H and O–H groups in total. The molecule has 2 amide bonds. The van der Waals surface area contributed by atoms with Crippen LogP contribution in [0.3, 0.4) is 0 Å². The molecule has 2 unspecified atom stereocenters. The van der Waals surface area contributed by atoms with Crippen LogP contribution < -0.4 is 10.6 Å². The lowest BCUT2D eigenvalue weighted by Crippen LogP contribution is -2.33. The van der Waals surface area contributed by atoms with E-state index in [9.17, 15) is 14.4 Å². The molecule has 34 heavy (non-hydrogen) atoms. The van der Waals surface area contributed by atoms with E-state index in [0.29, 0.717) is 19.3 Å². The van der Waals surface area contributed by atoms with Crippen LogP contribution in [0.2, 0.25) is 0 Å². The highest BCUT2D eigenvalue weighted by Gasteiger charge is 2.32. The molecule has 174 valence electrons. The van der Waals surface area contributed by atoms with E-state index < -0.39 is 23.9 Å². The van der Waals surface area contributed by atoms with Crippen molar-refractivity contribution in [3.8, 4) is 11.1 Å². The molecular formula is C26H24N2O6. The first kappa shape index (κ1) is 21.8. The van der Waals surface area contributed by atoms with Gasteiger partial charge in [-0.05, 0) is 41.5 Å². The van der Waals surface area contributed by atoms with Gasteiger partial charge in [-0.1, -0.05) is 48.5 Å².